The summed E-state index contributed by atoms with van der Waals surface area (Å²) in [5, 5.41) is 0. The molecule has 0 fully saturated rings. The molecule has 19 heavy (non-hydrogen) atoms. The Labute approximate surface area is 114 Å². The van der Waals surface area contributed by atoms with Gasteiger partial charge in [-0.15, -0.1) is 0 Å². The van der Waals surface area contributed by atoms with Crippen LogP contribution in [-0.4, -0.2) is 25.2 Å². The van der Waals surface area contributed by atoms with E-state index in [4.69, 9.17) is 10.5 Å². The van der Waals surface area contributed by atoms with Crippen LogP contribution in [-0.2, 0) is 20.9 Å². The molecule has 2 atom stereocenters. The second-order valence-electron chi connectivity index (χ2n) is 5.01. The normalized spacial score (nSPS) is 14.2. The van der Waals surface area contributed by atoms with Crippen molar-refractivity contribution < 1.29 is 14.3 Å². The number of nitrogens with two attached hydrogens (primary N) is 1. The maximum absolute atomic E-state index is 11.5. The van der Waals surface area contributed by atoms with Gasteiger partial charge in [0.25, 0.3) is 0 Å². The number of methoxy groups -OCH3 is 1. The predicted molar refractivity (Wildman–Crippen MR) is 74.5 cm³/mol. The Morgan fingerprint density at radius 1 is 1.26 bits per heavy atom. The van der Waals surface area contributed by atoms with Gasteiger partial charge in [0.1, 0.15) is 6.04 Å². The summed E-state index contributed by atoms with van der Waals surface area (Å²) in [4.78, 5) is 11.5. The number of hydrogen-bond acceptors (Lipinski definition) is 4. The van der Waals surface area contributed by atoms with E-state index in [0.29, 0.717) is 12.5 Å². The maximum Gasteiger partial charge on any atom is 0.325 e. The number of carbonyl (C=O) groups is 1. The summed E-state index contributed by atoms with van der Waals surface area (Å²) >= 11 is 0. The number of benzene rings is 1. The summed E-state index contributed by atoms with van der Waals surface area (Å²) in [7, 11) is 1.34. The van der Waals surface area contributed by atoms with Crippen LogP contribution in [0.1, 0.15) is 25.8 Å². The van der Waals surface area contributed by atoms with Crippen LogP contribution in [0.2, 0.25) is 0 Å². The topological polar surface area (TPSA) is 61.5 Å². The second kappa shape index (κ2) is 7.92. The molecule has 1 aromatic rings. The zero-order valence-corrected chi connectivity index (χ0v) is 11.8. The van der Waals surface area contributed by atoms with Crippen LogP contribution < -0.4 is 5.73 Å². The van der Waals surface area contributed by atoms with Crippen molar-refractivity contribution in [3.8, 4) is 0 Å². The molecule has 1 rings (SSSR count). The van der Waals surface area contributed by atoms with Crippen molar-refractivity contribution in [2.45, 2.75) is 39.0 Å². The molecule has 0 saturated heterocycles. The standard InChI is InChI=1S/C15H23NO3/c1-11(2)9-13(14(16)15(17)18-3)19-10-12-7-5-4-6-8-12/h4-8,11,13-14H,9-10,16H2,1-3H3/t13-,14?/m1/s1. The number of hydrogen-bond donors (Lipinski definition) is 1. The highest BCUT2D eigenvalue weighted by Crippen LogP contribution is 2.14. The molecule has 0 heterocycles. The van der Waals surface area contributed by atoms with Gasteiger partial charge in [0.2, 0.25) is 0 Å². The second-order valence-corrected chi connectivity index (χ2v) is 5.01. The molecule has 0 aliphatic carbocycles. The van der Waals surface area contributed by atoms with Crippen molar-refractivity contribution in [1.82, 2.24) is 0 Å². The van der Waals surface area contributed by atoms with E-state index in [1.54, 1.807) is 0 Å². The Hall–Kier alpha value is -1.39. The molecular formula is C15H23NO3. The summed E-state index contributed by atoms with van der Waals surface area (Å²) in [6.07, 6.45) is 0.399. The van der Waals surface area contributed by atoms with Gasteiger partial charge >= 0.3 is 5.97 Å². The lowest BCUT2D eigenvalue weighted by Crippen LogP contribution is -2.44. The summed E-state index contributed by atoms with van der Waals surface area (Å²) in [6.45, 7) is 4.59. The number of carbonyl (C=O) groups excluding carboxylic acids is 1. The third-order valence-corrected chi connectivity index (χ3v) is 2.88. The predicted octanol–water partition coefficient (Wildman–Crippen LogP) is 2.12. The summed E-state index contributed by atoms with van der Waals surface area (Å²) in [5.41, 5.74) is 6.95. The van der Waals surface area contributed by atoms with Gasteiger partial charge in [-0.25, -0.2) is 0 Å². The molecule has 0 aliphatic heterocycles. The lowest BCUT2D eigenvalue weighted by atomic mass is 10.0. The van der Waals surface area contributed by atoms with Gasteiger partial charge in [0, 0.05) is 0 Å². The van der Waals surface area contributed by atoms with Gasteiger partial charge in [-0.1, -0.05) is 44.2 Å². The SMILES string of the molecule is COC(=O)C(N)[C@@H](CC(C)C)OCc1ccccc1. The molecule has 0 radical (unpaired) electrons. The van der Waals surface area contributed by atoms with E-state index in [1.165, 1.54) is 7.11 Å². The fraction of sp³-hybridized carbons (Fsp3) is 0.533. The highest BCUT2D eigenvalue weighted by molar-refractivity contribution is 5.76. The Balaban J connectivity index is 2.61. The molecule has 0 saturated carbocycles. The first-order valence-corrected chi connectivity index (χ1v) is 6.53. The van der Waals surface area contributed by atoms with Crippen LogP contribution in [0.5, 0.6) is 0 Å². The first-order valence-electron chi connectivity index (χ1n) is 6.53. The lowest BCUT2D eigenvalue weighted by molar-refractivity contribution is -0.146. The summed E-state index contributed by atoms with van der Waals surface area (Å²) in [5.74, 6) is -0.0322. The average molecular weight is 265 g/mol. The molecule has 0 spiro atoms. The zero-order valence-electron chi connectivity index (χ0n) is 11.8. The first-order chi connectivity index (χ1) is 9.04. The van der Waals surface area contributed by atoms with Crippen LogP contribution in [0.4, 0.5) is 0 Å². The molecule has 0 amide bonds. The maximum atomic E-state index is 11.5. The van der Waals surface area contributed by atoms with Gasteiger partial charge in [0.15, 0.2) is 0 Å². The third kappa shape index (κ3) is 5.41. The fourth-order valence-electron chi connectivity index (χ4n) is 1.85. The highest BCUT2D eigenvalue weighted by Gasteiger charge is 2.26. The van der Waals surface area contributed by atoms with E-state index >= 15 is 0 Å². The van der Waals surface area contributed by atoms with E-state index in [2.05, 4.69) is 18.6 Å². The van der Waals surface area contributed by atoms with Crippen LogP contribution in [0.3, 0.4) is 0 Å². The minimum atomic E-state index is -0.740. The summed E-state index contributed by atoms with van der Waals surface area (Å²) in [6, 6.07) is 9.09. The van der Waals surface area contributed by atoms with Gasteiger partial charge < -0.3 is 15.2 Å². The minimum Gasteiger partial charge on any atom is -0.468 e. The van der Waals surface area contributed by atoms with E-state index in [0.717, 1.165) is 12.0 Å². The zero-order chi connectivity index (χ0) is 14.3. The molecule has 4 nitrogen and oxygen atoms in total. The minimum absolute atomic E-state index is 0.326. The Kier molecular flexibility index (Phi) is 6.53. The summed E-state index contributed by atoms with van der Waals surface area (Å²) < 4.78 is 10.5. The van der Waals surface area contributed by atoms with Gasteiger partial charge in [-0.3, -0.25) is 4.79 Å². The van der Waals surface area contributed by atoms with E-state index in [9.17, 15) is 4.79 Å². The Morgan fingerprint density at radius 3 is 2.42 bits per heavy atom. The van der Waals surface area contributed by atoms with Crippen molar-refractivity contribution in [3.63, 3.8) is 0 Å². The molecule has 1 unspecified atom stereocenters. The van der Waals surface area contributed by atoms with Crippen molar-refractivity contribution in [2.75, 3.05) is 7.11 Å². The van der Waals surface area contributed by atoms with Gasteiger partial charge in [-0.05, 0) is 17.9 Å². The fourth-order valence-corrected chi connectivity index (χ4v) is 1.85. The van der Waals surface area contributed by atoms with Crippen molar-refractivity contribution >= 4 is 5.97 Å². The number of esters is 1. The van der Waals surface area contributed by atoms with Crippen LogP contribution >= 0.6 is 0 Å². The first kappa shape index (κ1) is 15.7. The van der Waals surface area contributed by atoms with Crippen molar-refractivity contribution in [3.05, 3.63) is 35.9 Å². The van der Waals surface area contributed by atoms with Crippen LogP contribution in [0.15, 0.2) is 30.3 Å². The van der Waals surface area contributed by atoms with E-state index < -0.39 is 12.0 Å². The molecule has 0 aromatic heterocycles. The molecule has 0 aliphatic rings. The molecule has 106 valence electrons. The highest BCUT2D eigenvalue weighted by atomic mass is 16.5. The van der Waals surface area contributed by atoms with Crippen molar-refractivity contribution in [1.29, 1.82) is 0 Å². The smallest absolute Gasteiger partial charge is 0.325 e. The largest absolute Gasteiger partial charge is 0.468 e. The molecule has 1 aromatic carbocycles. The van der Waals surface area contributed by atoms with Gasteiger partial charge in [-0.2, -0.15) is 0 Å². The average Bonchev–Trinajstić information content (AvgIpc) is 2.42. The molecule has 2 N–H and O–H groups in total. The molecule has 0 bridgehead atoms. The number of rotatable bonds is 7. The number of ether oxygens (including phenoxy) is 2. The van der Waals surface area contributed by atoms with Crippen LogP contribution in [0.25, 0.3) is 0 Å². The quantitative estimate of drug-likeness (QED) is 0.767. The van der Waals surface area contributed by atoms with E-state index in [-0.39, 0.29) is 6.10 Å². The van der Waals surface area contributed by atoms with Crippen molar-refractivity contribution in [2.24, 2.45) is 11.7 Å². The molecule has 4 heteroatoms. The third-order valence-electron chi connectivity index (χ3n) is 2.88. The molecular weight excluding hydrogens is 242 g/mol. The monoisotopic (exact) mass is 265 g/mol. The Morgan fingerprint density at radius 2 is 1.89 bits per heavy atom. The lowest BCUT2D eigenvalue weighted by Gasteiger charge is -2.24. The van der Waals surface area contributed by atoms with Gasteiger partial charge in [0.05, 0.1) is 19.8 Å². The van der Waals surface area contributed by atoms with E-state index in [1.807, 2.05) is 30.3 Å². The van der Waals surface area contributed by atoms with Crippen LogP contribution in [0, 0.1) is 5.92 Å². The Bertz CT molecular complexity index is 378.